The first-order valence-electron chi connectivity index (χ1n) is 5.70. The lowest BCUT2D eigenvalue weighted by molar-refractivity contribution is 0.402. The van der Waals surface area contributed by atoms with Gasteiger partial charge >= 0.3 is 0 Å². The molecule has 0 amide bonds. The van der Waals surface area contributed by atoms with Gasteiger partial charge < -0.3 is 4.74 Å². The van der Waals surface area contributed by atoms with Gasteiger partial charge in [0.25, 0.3) is 10.0 Å². The summed E-state index contributed by atoms with van der Waals surface area (Å²) >= 11 is 0. The third-order valence-corrected chi connectivity index (χ3v) is 3.97. The van der Waals surface area contributed by atoms with Gasteiger partial charge in [-0.15, -0.1) is 0 Å². The highest BCUT2D eigenvalue weighted by Gasteiger charge is 2.20. The van der Waals surface area contributed by atoms with Gasteiger partial charge in [-0.05, 0) is 24.6 Å². The van der Waals surface area contributed by atoms with Crippen LogP contribution in [-0.4, -0.2) is 20.5 Å². The Hall–Kier alpha value is -2.15. The van der Waals surface area contributed by atoms with Crippen LogP contribution in [0.2, 0.25) is 0 Å². The minimum Gasteiger partial charge on any atom is -0.495 e. The fourth-order valence-corrected chi connectivity index (χ4v) is 2.96. The number of sulfonamides is 1. The molecular weight excluding hydrogens is 283 g/mol. The Morgan fingerprint density at radius 1 is 1.25 bits per heavy atom. The number of hydrogen-bond donors (Lipinski definition) is 1. The Morgan fingerprint density at radius 2 is 2.00 bits per heavy atom. The van der Waals surface area contributed by atoms with E-state index in [0.717, 1.165) is 17.8 Å². The Kier molecular flexibility index (Phi) is 3.89. The van der Waals surface area contributed by atoms with Gasteiger partial charge in [0.05, 0.1) is 25.2 Å². The van der Waals surface area contributed by atoms with Crippen molar-refractivity contribution in [2.24, 2.45) is 0 Å². The molecule has 2 rings (SSSR count). The number of aromatic nitrogens is 1. The second-order valence-electron chi connectivity index (χ2n) is 4.15. The van der Waals surface area contributed by atoms with E-state index in [1.807, 2.05) is 0 Å². The first kappa shape index (κ1) is 14.3. The summed E-state index contributed by atoms with van der Waals surface area (Å²) in [6, 6.07) is 5.83. The standard InChI is InChI=1S/C13H13FN2O3S/c1-9-3-4-12(19-2)13(5-9)20(17,18)16-11-6-10(14)7-15-8-11/h3-8,16H,1-2H3. The van der Waals surface area contributed by atoms with Gasteiger partial charge in [-0.1, -0.05) is 6.07 Å². The van der Waals surface area contributed by atoms with Crippen LogP contribution in [0.5, 0.6) is 5.75 Å². The van der Waals surface area contributed by atoms with Crippen molar-refractivity contribution in [3.05, 3.63) is 48.0 Å². The topological polar surface area (TPSA) is 68.3 Å². The monoisotopic (exact) mass is 296 g/mol. The number of rotatable bonds is 4. The molecule has 1 N–H and O–H groups in total. The van der Waals surface area contributed by atoms with Gasteiger partial charge in [0.2, 0.25) is 0 Å². The van der Waals surface area contributed by atoms with Crippen LogP contribution in [0.1, 0.15) is 5.56 Å². The number of hydrogen-bond acceptors (Lipinski definition) is 4. The molecule has 0 aliphatic heterocycles. The highest BCUT2D eigenvalue weighted by atomic mass is 32.2. The molecule has 0 saturated carbocycles. The van der Waals surface area contributed by atoms with Crippen molar-refractivity contribution in [1.82, 2.24) is 4.98 Å². The number of pyridine rings is 1. The molecule has 1 aromatic heterocycles. The van der Waals surface area contributed by atoms with Crippen LogP contribution in [0.4, 0.5) is 10.1 Å². The quantitative estimate of drug-likeness (QED) is 0.940. The van der Waals surface area contributed by atoms with Crippen molar-refractivity contribution >= 4 is 15.7 Å². The molecule has 0 unspecified atom stereocenters. The number of anilines is 1. The molecule has 0 aliphatic rings. The van der Waals surface area contributed by atoms with Crippen LogP contribution in [0, 0.1) is 12.7 Å². The number of nitrogens with zero attached hydrogens (tertiary/aromatic N) is 1. The number of aryl methyl sites for hydroxylation is 1. The van der Waals surface area contributed by atoms with Crippen LogP contribution in [-0.2, 0) is 10.0 Å². The van der Waals surface area contributed by atoms with E-state index in [0.29, 0.717) is 0 Å². The Labute approximate surface area is 116 Å². The van der Waals surface area contributed by atoms with Gasteiger partial charge in [-0.2, -0.15) is 0 Å². The molecule has 0 radical (unpaired) electrons. The zero-order valence-corrected chi connectivity index (χ0v) is 11.7. The average molecular weight is 296 g/mol. The SMILES string of the molecule is COc1ccc(C)cc1S(=O)(=O)Nc1cncc(F)c1. The maximum atomic E-state index is 13.0. The molecule has 0 bridgehead atoms. The molecule has 5 nitrogen and oxygen atoms in total. The van der Waals surface area contributed by atoms with Crippen molar-refractivity contribution in [2.75, 3.05) is 11.8 Å². The smallest absolute Gasteiger partial charge is 0.265 e. The average Bonchev–Trinajstić information content (AvgIpc) is 2.38. The molecule has 20 heavy (non-hydrogen) atoms. The summed E-state index contributed by atoms with van der Waals surface area (Å²) < 4.78 is 44.9. The maximum Gasteiger partial charge on any atom is 0.265 e. The van der Waals surface area contributed by atoms with Gasteiger partial charge in [0, 0.05) is 6.07 Å². The van der Waals surface area contributed by atoms with E-state index in [2.05, 4.69) is 9.71 Å². The predicted octanol–water partition coefficient (Wildman–Crippen LogP) is 2.34. The molecule has 0 spiro atoms. The van der Waals surface area contributed by atoms with Crippen molar-refractivity contribution in [3.63, 3.8) is 0 Å². The van der Waals surface area contributed by atoms with Crippen LogP contribution in [0.25, 0.3) is 0 Å². The normalized spacial score (nSPS) is 11.2. The summed E-state index contributed by atoms with van der Waals surface area (Å²) in [6.45, 7) is 1.77. The summed E-state index contributed by atoms with van der Waals surface area (Å²) in [5.74, 6) is -0.408. The molecule has 1 heterocycles. The Bertz CT molecular complexity index is 732. The lowest BCUT2D eigenvalue weighted by Gasteiger charge is -2.12. The molecular formula is C13H13FN2O3S. The molecule has 0 atom stereocenters. The summed E-state index contributed by atoms with van der Waals surface area (Å²) in [4.78, 5) is 3.58. The fourth-order valence-electron chi connectivity index (χ4n) is 1.67. The predicted molar refractivity (Wildman–Crippen MR) is 72.7 cm³/mol. The van der Waals surface area contributed by atoms with E-state index in [-0.39, 0.29) is 16.3 Å². The zero-order chi connectivity index (χ0) is 14.8. The summed E-state index contributed by atoms with van der Waals surface area (Å²) in [6.07, 6.45) is 2.22. The van der Waals surface area contributed by atoms with Gasteiger partial charge in [-0.25, -0.2) is 12.8 Å². The lowest BCUT2D eigenvalue weighted by atomic mass is 10.2. The van der Waals surface area contributed by atoms with Crippen LogP contribution < -0.4 is 9.46 Å². The minimum absolute atomic E-state index is 0.00994. The minimum atomic E-state index is -3.88. The number of ether oxygens (including phenoxy) is 1. The number of nitrogens with one attached hydrogen (secondary N) is 1. The molecule has 1 aromatic carbocycles. The van der Waals surface area contributed by atoms with Crippen LogP contribution in [0.15, 0.2) is 41.6 Å². The van der Waals surface area contributed by atoms with Crippen molar-refractivity contribution in [1.29, 1.82) is 0 Å². The van der Waals surface area contributed by atoms with Crippen LogP contribution in [0.3, 0.4) is 0 Å². The molecule has 7 heteroatoms. The summed E-state index contributed by atoms with van der Waals surface area (Å²) in [5, 5.41) is 0. The van der Waals surface area contributed by atoms with E-state index in [4.69, 9.17) is 4.74 Å². The molecule has 2 aromatic rings. The third-order valence-electron chi connectivity index (χ3n) is 2.57. The number of benzene rings is 1. The van der Waals surface area contributed by atoms with E-state index in [9.17, 15) is 12.8 Å². The van der Waals surface area contributed by atoms with Crippen molar-refractivity contribution in [2.45, 2.75) is 11.8 Å². The first-order valence-corrected chi connectivity index (χ1v) is 7.19. The first-order chi connectivity index (χ1) is 9.42. The van der Waals surface area contributed by atoms with Crippen molar-refractivity contribution in [3.8, 4) is 5.75 Å². The van der Waals surface area contributed by atoms with Gasteiger partial charge in [0.15, 0.2) is 0 Å². The maximum absolute atomic E-state index is 13.0. The molecule has 0 saturated heterocycles. The van der Waals surface area contributed by atoms with Crippen LogP contribution >= 0.6 is 0 Å². The van der Waals surface area contributed by atoms with E-state index < -0.39 is 15.8 Å². The second-order valence-corrected chi connectivity index (χ2v) is 5.80. The molecule has 106 valence electrons. The fraction of sp³-hybridized carbons (Fsp3) is 0.154. The Balaban J connectivity index is 2.43. The third kappa shape index (κ3) is 3.05. The zero-order valence-electron chi connectivity index (χ0n) is 10.9. The molecule has 0 fully saturated rings. The highest BCUT2D eigenvalue weighted by Crippen LogP contribution is 2.26. The lowest BCUT2D eigenvalue weighted by Crippen LogP contribution is -2.14. The van der Waals surface area contributed by atoms with E-state index in [1.165, 1.54) is 19.4 Å². The van der Waals surface area contributed by atoms with E-state index in [1.54, 1.807) is 19.1 Å². The van der Waals surface area contributed by atoms with Crippen molar-refractivity contribution < 1.29 is 17.5 Å². The van der Waals surface area contributed by atoms with Gasteiger partial charge in [-0.3, -0.25) is 9.71 Å². The van der Waals surface area contributed by atoms with E-state index >= 15 is 0 Å². The highest BCUT2D eigenvalue weighted by molar-refractivity contribution is 7.92. The second kappa shape index (κ2) is 5.46. The summed E-state index contributed by atoms with van der Waals surface area (Å²) in [5.41, 5.74) is 0.817. The Morgan fingerprint density at radius 3 is 2.65 bits per heavy atom. The van der Waals surface area contributed by atoms with Gasteiger partial charge in [0.1, 0.15) is 16.5 Å². The number of methoxy groups -OCH3 is 1. The summed E-state index contributed by atoms with van der Waals surface area (Å²) in [7, 11) is -2.49. The number of halogens is 1. The molecule has 0 aliphatic carbocycles. The largest absolute Gasteiger partial charge is 0.495 e.